The second-order valence-corrected chi connectivity index (χ2v) is 11.1. The second kappa shape index (κ2) is 9.30. The molecule has 33 heavy (non-hydrogen) atoms. The Labute approximate surface area is 200 Å². The Morgan fingerprint density at radius 3 is 2.55 bits per heavy atom. The highest BCUT2D eigenvalue weighted by molar-refractivity contribution is 8.04. The van der Waals surface area contributed by atoms with Gasteiger partial charge in [-0.2, -0.15) is 0 Å². The SMILES string of the molecule is CCC[C@]1(CCc2ccccc2)CC(O)=C(Sc2cc3cc[nH]c3cc2C(C)(C)C)C(=O)O1. The Kier molecular flexibility index (Phi) is 6.62. The maximum atomic E-state index is 13.2. The normalized spacial score (nSPS) is 19.2. The Bertz CT molecular complexity index is 1170. The molecule has 0 spiro atoms. The number of hydrogen-bond donors (Lipinski definition) is 2. The van der Waals surface area contributed by atoms with Crippen LogP contribution >= 0.6 is 11.8 Å². The lowest BCUT2D eigenvalue weighted by molar-refractivity contribution is -0.159. The van der Waals surface area contributed by atoms with Crippen LogP contribution in [0.2, 0.25) is 0 Å². The summed E-state index contributed by atoms with van der Waals surface area (Å²) in [6.07, 6.45) is 5.40. The van der Waals surface area contributed by atoms with Gasteiger partial charge in [0.2, 0.25) is 0 Å². The molecule has 1 aliphatic heterocycles. The topological polar surface area (TPSA) is 62.3 Å². The van der Waals surface area contributed by atoms with Gasteiger partial charge in [-0.15, -0.1) is 0 Å². The minimum Gasteiger partial charge on any atom is -0.511 e. The fourth-order valence-electron chi connectivity index (χ4n) is 4.62. The smallest absolute Gasteiger partial charge is 0.349 e. The average molecular weight is 464 g/mol. The lowest BCUT2D eigenvalue weighted by atomic mass is 9.85. The number of thioether (sulfide) groups is 1. The van der Waals surface area contributed by atoms with Crippen LogP contribution in [0.4, 0.5) is 0 Å². The fourth-order valence-corrected chi connectivity index (χ4v) is 5.82. The number of carbonyl (C=O) groups excluding carboxylic acids is 1. The molecule has 1 aliphatic rings. The van der Waals surface area contributed by atoms with E-state index in [1.165, 1.54) is 17.3 Å². The molecule has 4 rings (SSSR count). The van der Waals surface area contributed by atoms with Crippen molar-refractivity contribution >= 4 is 28.6 Å². The molecule has 4 nitrogen and oxygen atoms in total. The third-order valence-electron chi connectivity index (χ3n) is 6.34. The lowest BCUT2D eigenvalue weighted by Gasteiger charge is -2.37. The summed E-state index contributed by atoms with van der Waals surface area (Å²) in [6.45, 7) is 8.56. The maximum Gasteiger partial charge on any atom is 0.349 e. The van der Waals surface area contributed by atoms with Gasteiger partial charge in [0.1, 0.15) is 16.3 Å². The molecule has 2 heterocycles. The lowest BCUT2D eigenvalue weighted by Crippen LogP contribution is -2.40. The van der Waals surface area contributed by atoms with Crippen molar-refractivity contribution in [1.29, 1.82) is 0 Å². The highest BCUT2D eigenvalue weighted by Gasteiger charge is 2.41. The number of rotatable bonds is 7. The molecule has 0 saturated carbocycles. The van der Waals surface area contributed by atoms with Crippen LogP contribution in [-0.2, 0) is 21.4 Å². The van der Waals surface area contributed by atoms with Crippen LogP contribution in [0.25, 0.3) is 10.9 Å². The number of esters is 1. The highest BCUT2D eigenvalue weighted by atomic mass is 32.2. The van der Waals surface area contributed by atoms with Crippen LogP contribution in [0, 0.1) is 0 Å². The number of H-pyrrole nitrogens is 1. The van der Waals surface area contributed by atoms with E-state index in [0.717, 1.165) is 40.6 Å². The van der Waals surface area contributed by atoms with Gasteiger partial charge in [-0.1, -0.05) is 76.2 Å². The monoisotopic (exact) mass is 463 g/mol. The van der Waals surface area contributed by atoms with Crippen LogP contribution in [0.3, 0.4) is 0 Å². The van der Waals surface area contributed by atoms with Gasteiger partial charge >= 0.3 is 5.97 Å². The van der Waals surface area contributed by atoms with Crippen molar-refractivity contribution in [2.45, 2.75) is 75.7 Å². The molecule has 2 aromatic carbocycles. The Morgan fingerprint density at radius 1 is 1.12 bits per heavy atom. The summed E-state index contributed by atoms with van der Waals surface area (Å²) in [7, 11) is 0. The predicted molar refractivity (Wildman–Crippen MR) is 136 cm³/mol. The summed E-state index contributed by atoms with van der Waals surface area (Å²) in [6, 6.07) is 16.5. The van der Waals surface area contributed by atoms with E-state index >= 15 is 0 Å². The minimum absolute atomic E-state index is 0.113. The second-order valence-electron chi connectivity index (χ2n) is 10.0. The van der Waals surface area contributed by atoms with Crippen molar-refractivity contribution in [2.75, 3.05) is 0 Å². The number of aromatic nitrogens is 1. The zero-order valence-corrected chi connectivity index (χ0v) is 20.7. The van der Waals surface area contributed by atoms with Gasteiger partial charge < -0.3 is 14.8 Å². The van der Waals surface area contributed by atoms with Gasteiger partial charge in [0.15, 0.2) is 0 Å². The maximum absolute atomic E-state index is 13.2. The number of cyclic esters (lactones) is 1. The van der Waals surface area contributed by atoms with Crippen LogP contribution in [0.1, 0.15) is 64.5 Å². The molecule has 0 fully saturated rings. The van der Waals surface area contributed by atoms with Crippen LogP contribution in [0.5, 0.6) is 0 Å². The predicted octanol–water partition coefficient (Wildman–Crippen LogP) is 7.45. The molecule has 1 aromatic heterocycles. The molecule has 0 unspecified atom stereocenters. The van der Waals surface area contributed by atoms with Gasteiger partial charge in [0.25, 0.3) is 0 Å². The number of aryl methyl sites for hydroxylation is 1. The van der Waals surface area contributed by atoms with Gasteiger partial charge in [0, 0.05) is 28.4 Å². The Balaban J connectivity index is 1.63. The first kappa shape index (κ1) is 23.5. The number of aromatic amines is 1. The zero-order valence-electron chi connectivity index (χ0n) is 19.9. The van der Waals surface area contributed by atoms with E-state index in [1.54, 1.807) is 0 Å². The Hall–Kier alpha value is -2.66. The van der Waals surface area contributed by atoms with Crippen molar-refractivity contribution in [1.82, 2.24) is 4.98 Å². The first-order valence-corrected chi connectivity index (χ1v) is 12.5. The van der Waals surface area contributed by atoms with E-state index in [2.05, 4.69) is 56.9 Å². The van der Waals surface area contributed by atoms with E-state index in [-0.39, 0.29) is 11.2 Å². The molecule has 3 aromatic rings. The van der Waals surface area contributed by atoms with Crippen molar-refractivity contribution in [2.24, 2.45) is 0 Å². The summed E-state index contributed by atoms with van der Waals surface area (Å²) < 4.78 is 6.11. The highest BCUT2D eigenvalue weighted by Crippen LogP contribution is 2.44. The largest absolute Gasteiger partial charge is 0.511 e. The van der Waals surface area contributed by atoms with E-state index < -0.39 is 11.6 Å². The van der Waals surface area contributed by atoms with Gasteiger partial charge in [0.05, 0.1) is 0 Å². The molecule has 174 valence electrons. The van der Waals surface area contributed by atoms with Gasteiger partial charge in [-0.05, 0) is 54.0 Å². The van der Waals surface area contributed by atoms with Crippen LogP contribution in [-0.4, -0.2) is 21.7 Å². The summed E-state index contributed by atoms with van der Waals surface area (Å²) in [5, 5.41) is 12.2. The number of carbonyl (C=O) groups is 1. The van der Waals surface area contributed by atoms with Gasteiger partial charge in [-0.3, -0.25) is 0 Å². The van der Waals surface area contributed by atoms with E-state index in [4.69, 9.17) is 4.74 Å². The number of benzene rings is 2. The van der Waals surface area contributed by atoms with E-state index in [0.29, 0.717) is 17.7 Å². The molecule has 0 aliphatic carbocycles. The number of hydrogen-bond acceptors (Lipinski definition) is 4. The summed E-state index contributed by atoms with van der Waals surface area (Å²) in [5.74, 6) is -0.272. The number of aliphatic hydroxyl groups excluding tert-OH is 1. The van der Waals surface area contributed by atoms with E-state index in [1.807, 2.05) is 30.5 Å². The van der Waals surface area contributed by atoms with Crippen LogP contribution < -0.4 is 0 Å². The molecule has 0 saturated heterocycles. The standard InChI is InChI=1S/C28H33NO3S/c1-5-13-28(14-11-19-9-7-6-8-10-19)18-23(30)25(26(31)32-28)33-24-16-20-12-15-29-22(20)17-21(24)27(2,3)4/h6-10,12,15-17,29-30H,5,11,13-14,18H2,1-4H3/t28-/m0/s1. The zero-order chi connectivity index (χ0) is 23.6. The molecule has 5 heteroatoms. The van der Waals surface area contributed by atoms with E-state index in [9.17, 15) is 9.90 Å². The molecular weight excluding hydrogens is 430 g/mol. The molecule has 1 atom stereocenters. The number of aliphatic hydroxyl groups is 1. The molecule has 0 amide bonds. The molecular formula is C28H33NO3S. The third kappa shape index (κ3) is 5.14. The van der Waals surface area contributed by atoms with Crippen molar-refractivity contribution < 1.29 is 14.6 Å². The summed E-state index contributed by atoms with van der Waals surface area (Å²) in [4.78, 5) is 17.8. The first-order chi connectivity index (χ1) is 15.7. The first-order valence-electron chi connectivity index (χ1n) is 11.7. The molecule has 2 N–H and O–H groups in total. The van der Waals surface area contributed by atoms with Crippen molar-refractivity contribution in [3.8, 4) is 0 Å². The van der Waals surface area contributed by atoms with Crippen molar-refractivity contribution in [3.63, 3.8) is 0 Å². The number of fused-ring (bicyclic) bond motifs is 1. The fraction of sp³-hybridized carbons (Fsp3) is 0.393. The molecule has 0 radical (unpaired) electrons. The Morgan fingerprint density at radius 2 is 1.88 bits per heavy atom. The number of ether oxygens (including phenoxy) is 1. The van der Waals surface area contributed by atoms with Gasteiger partial charge in [-0.25, -0.2) is 4.79 Å². The summed E-state index contributed by atoms with van der Waals surface area (Å²) >= 11 is 1.33. The quantitative estimate of drug-likeness (QED) is 0.357. The minimum atomic E-state index is -0.659. The summed E-state index contributed by atoms with van der Waals surface area (Å²) in [5.41, 5.74) is 2.63. The van der Waals surface area contributed by atoms with Crippen molar-refractivity contribution in [3.05, 3.63) is 76.5 Å². The average Bonchev–Trinajstić information content (AvgIpc) is 3.22. The third-order valence-corrected chi connectivity index (χ3v) is 7.50. The number of nitrogens with one attached hydrogen (secondary N) is 1. The molecule has 0 bridgehead atoms. The van der Waals surface area contributed by atoms with Crippen LogP contribution in [0.15, 0.2) is 70.3 Å².